The fourth-order valence-electron chi connectivity index (χ4n) is 2.94. The molecule has 22 heavy (non-hydrogen) atoms. The lowest BCUT2D eigenvalue weighted by Crippen LogP contribution is -2.50. The van der Waals surface area contributed by atoms with Crippen molar-refractivity contribution in [2.24, 2.45) is 0 Å². The van der Waals surface area contributed by atoms with E-state index >= 15 is 0 Å². The average molecular weight is 322 g/mol. The van der Waals surface area contributed by atoms with E-state index in [2.05, 4.69) is 0 Å². The van der Waals surface area contributed by atoms with Crippen LogP contribution in [0.2, 0.25) is 0 Å². The molecule has 0 aliphatic carbocycles. The Hall–Kier alpha value is -1.46. The highest BCUT2D eigenvalue weighted by molar-refractivity contribution is 7.89. The van der Waals surface area contributed by atoms with Crippen molar-refractivity contribution in [1.82, 2.24) is 4.31 Å². The minimum Gasteiger partial charge on any atom is -0.349 e. The van der Waals surface area contributed by atoms with Crippen LogP contribution < -0.4 is 0 Å². The molecule has 6 nitrogen and oxygen atoms in total. The number of ether oxygens (including phenoxy) is 2. The lowest BCUT2D eigenvalue weighted by Gasteiger charge is -2.36. The van der Waals surface area contributed by atoms with Crippen LogP contribution in [0.3, 0.4) is 0 Å². The highest BCUT2D eigenvalue weighted by atomic mass is 32.2. The van der Waals surface area contributed by atoms with Gasteiger partial charge in [-0.3, -0.25) is 0 Å². The zero-order valence-corrected chi connectivity index (χ0v) is 13.0. The van der Waals surface area contributed by atoms with Gasteiger partial charge in [0, 0.05) is 6.54 Å². The Morgan fingerprint density at radius 1 is 1.14 bits per heavy atom. The maximum Gasteiger partial charge on any atom is 0.243 e. The van der Waals surface area contributed by atoms with E-state index in [4.69, 9.17) is 14.7 Å². The molecule has 2 fully saturated rings. The molecule has 2 aliphatic rings. The Labute approximate surface area is 130 Å². The van der Waals surface area contributed by atoms with Crippen LogP contribution in [0.25, 0.3) is 0 Å². The predicted octanol–water partition coefficient (Wildman–Crippen LogP) is 1.47. The van der Waals surface area contributed by atoms with Crippen LogP contribution in [-0.2, 0) is 19.5 Å². The molecule has 7 heteroatoms. The van der Waals surface area contributed by atoms with Gasteiger partial charge in [0.25, 0.3) is 0 Å². The van der Waals surface area contributed by atoms with Gasteiger partial charge in [-0.05, 0) is 37.1 Å². The Morgan fingerprint density at radius 3 is 2.45 bits per heavy atom. The van der Waals surface area contributed by atoms with E-state index in [1.54, 1.807) is 0 Å². The monoisotopic (exact) mass is 322 g/mol. The smallest absolute Gasteiger partial charge is 0.243 e. The number of nitriles is 1. The van der Waals surface area contributed by atoms with Gasteiger partial charge in [-0.15, -0.1) is 0 Å². The van der Waals surface area contributed by atoms with E-state index in [0.717, 1.165) is 19.3 Å². The fraction of sp³-hybridized carbons (Fsp3) is 0.533. The lowest BCUT2D eigenvalue weighted by atomic mass is 10.0. The topological polar surface area (TPSA) is 79.6 Å². The highest BCUT2D eigenvalue weighted by Crippen LogP contribution is 2.29. The molecule has 118 valence electrons. The molecule has 0 amide bonds. The predicted molar refractivity (Wildman–Crippen MR) is 78.4 cm³/mol. The molecule has 2 saturated heterocycles. The van der Waals surface area contributed by atoms with Gasteiger partial charge in [0.1, 0.15) is 0 Å². The third-order valence-electron chi connectivity index (χ3n) is 4.05. The normalized spacial score (nSPS) is 24.2. The molecule has 0 radical (unpaired) electrons. The minimum atomic E-state index is -3.61. The van der Waals surface area contributed by atoms with Crippen molar-refractivity contribution in [2.75, 3.05) is 19.8 Å². The van der Waals surface area contributed by atoms with Crippen molar-refractivity contribution in [3.8, 4) is 6.07 Å². The van der Waals surface area contributed by atoms with Crippen LogP contribution in [0.15, 0.2) is 29.2 Å². The minimum absolute atomic E-state index is 0.205. The summed E-state index contributed by atoms with van der Waals surface area (Å²) in [5.74, 6) is 0. The van der Waals surface area contributed by atoms with Gasteiger partial charge in [0.05, 0.1) is 35.8 Å². The second-order valence-electron chi connectivity index (χ2n) is 5.43. The Kier molecular flexibility index (Phi) is 4.45. The summed E-state index contributed by atoms with van der Waals surface area (Å²) in [6.45, 7) is 1.48. The summed E-state index contributed by atoms with van der Waals surface area (Å²) < 4.78 is 38.3. The van der Waals surface area contributed by atoms with Crippen LogP contribution in [-0.4, -0.2) is 44.8 Å². The highest BCUT2D eigenvalue weighted by Gasteiger charge is 2.40. The number of benzene rings is 1. The van der Waals surface area contributed by atoms with Gasteiger partial charge in [0.15, 0.2) is 6.29 Å². The number of rotatable bonds is 3. The second-order valence-corrected chi connectivity index (χ2v) is 7.32. The quantitative estimate of drug-likeness (QED) is 0.842. The van der Waals surface area contributed by atoms with Crippen molar-refractivity contribution in [3.05, 3.63) is 29.8 Å². The van der Waals surface area contributed by atoms with E-state index in [-0.39, 0.29) is 10.9 Å². The number of nitrogens with zero attached hydrogens (tertiary/aromatic N) is 2. The van der Waals surface area contributed by atoms with Crippen molar-refractivity contribution in [3.63, 3.8) is 0 Å². The van der Waals surface area contributed by atoms with E-state index in [1.165, 1.54) is 28.6 Å². The first kappa shape index (κ1) is 15.4. The SMILES string of the molecule is N#Cc1ccc(S(=O)(=O)N2CCCC[C@@H]2C2OCCO2)cc1. The van der Waals surface area contributed by atoms with Gasteiger partial charge in [-0.25, -0.2) is 8.42 Å². The van der Waals surface area contributed by atoms with Gasteiger partial charge >= 0.3 is 0 Å². The zero-order chi connectivity index (χ0) is 15.6. The van der Waals surface area contributed by atoms with E-state index < -0.39 is 16.3 Å². The summed E-state index contributed by atoms with van der Waals surface area (Å²) in [7, 11) is -3.61. The molecule has 1 atom stereocenters. The second kappa shape index (κ2) is 6.34. The maximum atomic E-state index is 12.9. The summed E-state index contributed by atoms with van der Waals surface area (Å²) in [5, 5.41) is 8.82. The number of sulfonamides is 1. The number of hydrogen-bond donors (Lipinski definition) is 0. The molecule has 0 unspecified atom stereocenters. The van der Waals surface area contributed by atoms with Gasteiger partial charge in [-0.1, -0.05) is 6.42 Å². The molecule has 2 aliphatic heterocycles. The van der Waals surface area contributed by atoms with Crippen molar-refractivity contribution >= 4 is 10.0 Å². The number of piperidine rings is 1. The van der Waals surface area contributed by atoms with E-state index in [9.17, 15) is 8.42 Å². The molecule has 0 aromatic heterocycles. The van der Waals surface area contributed by atoms with Gasteiger partial charge in [-0.2, -0.15) is 9.57 Å². The molecule has 1 aromatic carbocycles. The third kappa shape index (κ3) is 2.88. The Morgan fingerprint density at radius 2 is 1.82 bits per heavy atom. The molecular weight excluding hydrogens is 304 g/mol. The standard InChI is InChI=1S/C15H18N2O4S/c16-11-12-4-6-13(7-5-12)22(18,19)17-8-2-1-3-14(17)15-20-9-10-21-15/h4-7,14-15H,1-3,8-10H2/t14-/m1/s1. The summed E-state index contributed by atoms with van der Waals surface area (Å²) >= 11 is 0. The first-order valence-electron chi connectivity index (χ1n) is 7.38. The first-order chi connectivity index (χ1) is 10.6. The summed E-state index contributed by atoms with van der Waals surface area (Å²) in [6, 6.07) is 7.72. The Balaban J connectivity index is 1.89. The Bertz CT molecular complexity index is 660. The lowest BCUT2D eigenvalue weighted by molar-refractivity contribution is -0.0913. The molecule has 3 rings (SSSR count). The van der Waals surface area contributed by atoms with Crippen LogP contribution in [0.5, 0.6) is 0 Å². The maximum absolute atomic E-state index is 12.9. The van der Waals surface area contributed by atoms with Gasteiger partial charge < -0.3 is 9.47 Å². The largest absolute Gasteiger partial charge is 0.349 e. The third-order valence-corrected chi connectivity index (χ3v) is 5.99. The van der Waals surface area contributed by atoms with Crippen LogP contribution in [0.4, 0.5) is 0 Å². The molecule has 0 spiro atoms. The molecule has 0 bridgehead atoms. The molecule has 0 saturated carbocycles. The summed E-state index contributed by atoms with van der Waals surface area (Å²) in [4.78, 5) is 0.205. The molecule has 1 aromatic rings. The van der Waals surface area contributed by atoms with E-state index in [0.29, 0.717) is 25.3 Å². The van der Waals surface area contributed by atoms with Crippen molar-refractivity contribution in [1.29, 1.82) is 5.26 Å². The van der Waals surface area contributed by atoms with Crippen LogP contribution in [0, 0.1) is 11.3 Å². The average Bonchev–Trinajstić information content (AvgIpc) is 3.09. The van der Waals surface area contributed by atoms with Crippen LogP contribution in [0.1, 0.15) is 24.8 Å². The van der Waals surface area contributed by atoms with Gasteiger partial charge in [0.2, 0.25) is 10.0 Å². The van der Waals surface area contributed by atoms with Crippen LogP contribution >= 0.6 is 0 Å². The molecule has 2 heterocycles. The number of hydrogen-bond acceptors (Lipinski definition) is 5. The van der Waals surface area contributed by atoms with Crippen molar-refractivity contribution in [2.45, 2.75) is 36.5 Å². The summed E-state index contributed by atoms with van der Waals surface area (Å²) in [6.07, 6.45) is 2.06. The van der Waals surface area contributed by atoms with Crippen molar-refractivity contribution < 1.29 is 17.9 Å². The fourth-order valence-corrected chi connectivity index (χ4v) is 4.62. The van der Waals surface area contributed by atoms with E-state index in [1.807, 2.05) is 6.07 Å². The summed E-state index contributed by atoms with van der Waals surface area (Å²) in [5.41, 5.74) is 0.441. The first-order valence-corrected chi connectivity index (χ1v) is 8.82. The zero-order valence-electron chi connectivity index (χ0n) is 12.1. The molecular formula is C15H18N2O4S. The molecule has 0 N–H and O–H groups in total.